The van der Waals surface area contributed by atoms with E-state index in [1.54, 1.807) is 6.08 Å². The number of carboxylic acids is 1. The molecule has 0 saturated carbocycles. The van der Waals surface area contributed by atoms with Gasteiger partial charge in [0.1, 0.15) is 5.75 Å². The molecule has 2 aromatic carbocycles. The zero-order valence-corrected chi connectivity index (χ0v) is 11.3. The summed E-state index contributed by atoms with van der Waals surface area (Å²) in [5.41, 5.74) is 2.34. The third-order valence-corrected chi connectivity index (χ3v) is 3.29. The van der Waals surface area contributed by atoms with Crippen LogP contribution in [-0.2, 0) is 0 Å². The molecule has 104 valence electrons. The first-order chi connectivity index (χ1) is 10.0. The monoisotopic (exact) mass is 280 g/mol. The summed E-state index contributed by atoms with van der Waals surface area (Å²) in [6.07, 6.45) is 1.65. The lowest BCUT2D eigenvalue weighted by Gasteiger charge is -1.99. The minimum atomic E-state index is -1.07. The molecule has 0 radical (unpaired) electrons. The van der Waals surface area contributed by atoms with Gasteiger partial charge in [0.15, 0.2) is 5.76 Å². The van der Waals surface area contributed by atoms with Crippen LogP contribution in [0, 0.1) is 6.92 Å². The van der Waals surface area contributed by atoms with Crippen LogP contribution in [0.5, 0.6) is 5.75 Å². The summed E-state index contributed by atoms with van der Waals surface area (Å²) >= 11 is 0. The van der Waals surface area contributed by atoms with Crippen molar-refractivity contribution in [1.29, 1.82) is 0 Å². The first-order valence-corrected chi connectivity index (χ1v) is 6.43. The first kappa shape index (κ1) is 13.1. The number of aryl methyl sites for hydroxylation is 1. The smallest absolute Gasteiger partial charge is 0.335 e. The molecule has 0 bridgehead atoms. The van der Waals surface area contributed by atoms with Gasteiger partial charge in [-0.1, -0.05) is 29.8 Å². The molecule has 0 atom stereocenters. The molecular weight excluding hydrogens is 268 g/mol. The SMILES string of the molecule is Cc1ccc(C=C2Oc3ccc(C(=O)O)cc3C2=O)cc1. The Balaban J connectivity index is 1.96. The number of carbonyl (C=O) groups is 2. The molecule has 0 unspecified atom stereocenters. The summed E-state index contributed by atoms with van der Waals surface area (Å²) in [6, 6.07) is 11.9. The number of rotatable bonds is 2. The highest BCUT2D eigenvalue weighted by Gasteiger charge is 2.28. The van der Waals surface area contributed by atoms with Crippen molar-refractivity contribution in [3.8, 4) is 5.75 Å². The van der Waals surface area contributed by atoms with E-state index in [-0.39, 0.29) is 22.7 Å². The summed E-state index contributed by atoms with van der Waals surface area (Å²) in [7, 11) is 0. The molecule has 0 fully saturated rings. The van der Waals surface area contributed by atoms with Crippen molar-refractivity contribution in [3.05, 3.63) is 70.5 Å². The molecule has 0 saturated heterocycles. The highest BCUT2D eigenvalue weighted by atomic mass is 16.5. The number of fused-ring (bicyclic) bond motifs is 1. The van der Waals surface area contributed by atoms with Gasteiger partial charge < -0.3 is 9.84 Å². The fourth-order valence-electron chi connectivity index (χ4n) is 2.14. The number of hydrogen-bond acceptors (Lipinski definition) is 3. The van der Waals surface area contributed by atoms with Crippen LogP contribution in [0.25, 0.3) is 6.08 Å². The summed E-state index contributed by atoms with van der Waals surface area (Å²) in [5.74, 6) is -0.769. The van der Waals surface area contributed by atoms with Gasteiger partial charge in [-0.2, -0.15) is 0 Å². The molecule has 0 spiro atoms. The summed E-state index contributed by atoms with van der Waals surface area (Å²) in [4.78, 5) is 23.2. The molecule has 0 amide bonds. The normalized spacial score (nSPS) is 14.9. The van der Waals surface area contributed by atoms with E-state index in [2.05, 4.69) is 0 Å². The maximum absolute atomic E-state index is 12.3. The second-order valence-corrected chi connectivity index (χ2v) is 4.87. The number of carbonyl (C=O) groups excluding carboxylic acids is 1. The third-order valence-electron chi connectivity index (χ3n) is 3.29. The predicted molar refractivity (Wildman–Crippen MR) is 77.5 cm³/mol. The van der Waals surface area contributed by atoms with Gasteiger partial charge in [-0.15, -0.1) is 0 Å². The van der Waals surface area contributed by atoms with Gasteiger partial charge in [0, 0.05) is 0 Å². The molecule has 1 heterocycles. The van der Waals surface area contributed by atoms with Crippen LogP contribution in [0.1, 0.15) is 31.8 Å². The van der Waals surface area contributed by atoms with E-state index in [9.17, 15) is 9.59 Å². The van der Waals surface area contributed by atoms with Crippen molar-refractivity contribution in [2.45, 2.75) is 6.92 Å². The molecule has 4 nitrogen and oxygen atoms in total. The third kappa shape index (κ3) is 2.43. The number of ketones is 1. The number of ether oxygens (including phenoxy) is 1. The first-order valence-electron chi connectivity index (χ1n) is 6.43. The van der Waals surface area contributed by atoms with E-state index in [0.717, 1.165) is 11.1 Å². The molecule has 1 aliphatic rings. The summed E-state index contributed by atoms with van der Waals surface area (Å²) in [5, 5.41) is 8.96. The largest absolute Gasteiger partial charge is 0.478 e. The van der Waals surface area contributed by atoms with Gasteiger partial charge in [0.05, 0.1) is 11.1 Å². The second-order valence-electron chi connectivity index (χ2n) is 4.87. The highest BCUT2D eigenvalue weighted by Crippen LogP contribution is 2.32. The van der Waals surface area contributed by atoms with Gasteiger partial charge >= 0.3 is 5.97 Å². The zero-order valence-electron chi connectivity index (χ0n) is 11.3. The average Bonchev–Trinajstić information content (AvgIpc) is 2.77. The van der Waals surface area contributed by atoms with E-state index < -0.39 is 5.97 Å². The lowest BCUT2D eigenvalue weighted by molar-refractivity contribution is 0.0697. The Morgan fingerprint density at radius 1 is 1.14 bits per heavy atom. The van der Waals surface area contributed by atoms with Crippen molar-refractivity contribution in [2.75, 3.05) is 0 Å². The topological polar surface area (TPSA) is 63.6 Å². The maximum Gasteiger partial charge on any atom is 0.335 e. The van der Waals surface area contributed by atoms with Crippen molar-refractivity contribution in [2.24, 2.45) is 0 Å². The molecule has 1 aliphatic heterocycles. The Bertz CT molecular complexity index is 770. The predicted octanol–water partition coefficient (Wildman–Crippen LogP) is 3.31. The van der Waals surface area contributed by atoms with Gasteiger partial charge in [-0.3, -0.25) is 4.79 Å². The van der Waals surface area contributed by atoms with E-state index in [0.29, 0.717) is 5.75 Å². The molecular formula is C17H12O4. The molecule has 21 heavy (non-hydrogen) atoms. The van der Waals surface area contributed by atoms with E-state index >= 15 is 0 Å². The maximum atomic E-state index is 12.3. The van der Waals surface area contributed by atoms with E-state index in [4.69, 9.17) is 9.84 Å². The lowest BCUT2D eigenvalue weighted by Crippen LogP contribution is -2.00. The van der Waals surface area contributed by atoms with Gasteiger partial charge in [-0.25, -0.2) is 4.79 Å². The minimum absolute atomic E-state index is 0.0716. The van der Waals surface area contributed by atoms with Crippen LogP contribution >= 0.6 is 0 Å². The fraction of sp³-hybridized carbons (Fsp3) is 0.0588. The van der Waals surface area contributed by atoms with Crippen LogP contribution in [0.2, 0.25) is 0 Å². The Kier molecular flexibility index (Phi) is 3.06. The number of allylic oxidation sites excluding steroid dienone is 1. The number of carboxylic acid groups (broad SMARTS) is 1. The van der Waals surface area contributed by atoms with Crippen molar-refractivity contribution < 1.29 is 19.4 Å². The van der Waals surface area contributed by atoms with E-state index in [1.807, 2.05) is 31.2 Å². The molecule has 0 aromatic heterocycles. The molecule has 2 aromatic rings. The Morgan fingerprint density at radius 3 is 2.52 bits per heavy atom. The van der Waals surface area contributed by atoms with Gasteiger partial charge in [0.2, 0.25) is 5.78 Å². The molecule has 3 rings (SSSR count). The molecule has 0 aliphatic carbocycles. The highest BCUT2D eigenvalue weighted by molar-refractivity contribution is 6.15. The fourth-order valence-corrected chi connectivity index (χ4v) is 2.14. The Labute approximate surface area is 121 Å². The van der Waals surface area contributed by atoms with Gasteiger partial charge in [0.25, 0.3) is 0 Å². The van der Waals surface area contributed by atoms with Crippen molar-refractivity contribution >= 4 is 17.8 Å². The average molecular weight is 280 g/mol. The van der Waals surface area contributed by atoms with Crippen LogP contribution in [0.3, 0.4) is 0 Å². The zero-order chi connectivity index (χ0) is 15.0. The van der Waals surface area contributed by atoms with Crippen LogP contribution in [0.4, 0.5) is 0 Å². The summed E-state index contributed by atoms with van der Waals surface area (Å²) in [6.45, 7) is 1.98. The number of benzene rings is 2. The Hall–Kier alpha value is -2.88. The van der Waals surface area contributed by atoms with Gasteiger partial charge in [-0.05, 0) is 36.8 Å². The van der Waals surface area contributed by atoms with Crippen molar-refractivity contribution in [3.63, 3.8) is 0 Å². The Morgan fingerprint density at radius 2 is 1.86 bits per heavy atom. The molecule has 1 N–H and O–H groups in total. The standard InChI is InChI=1S/C17H12O4/c1-10-2-4-11(5-3-10)8-15-16(18)13-9-12(17(19)20)6-7-14(13)21-15/h2-9H,1H3,(H,19,20). The lowest BCUT2D eigenvalue weighted by atomic mass is 10.1. The van der Waals surface area contributed by atoms with Crippen LogP contribution in [-0.4, -0.2) is 16.9 Å². The second kappa shape index (κ2) is 4.90. The van der Waals surface area contributed by atoms with Crippen molar-refractivity contribution in [1.82, 2.24) is 0 Å². The number of Topliss-reactive ketones (excluding diaryl/α,β-unsaturated/α-hetero) is 1. The minimum Gasteiger partial charge on any atom is -0.478 e. The van der Waals surface area contributed by atoms with Crippen LogP contribution < -0.4 is 4.74 Å². The quantitative estimate of drug-likeness (QED) is 0.857. The summed E-state index contributed by atoms with van der Waals surface area (Å²) < 4.78 is 5.51. The number of hydrogen-bond donors (Lipinski definition) is 1. The van der Waals surface area contributed by atoms with Crippen LogP contribution in [0.15, 0.2) is 48.2 Å². The number of aromatic carboxylic acids is 1. The van der Waals surface area contributed by atoms with E-state index in [1.165, 1.54) is 18.2 Å². The molecule has 4 heteroatoms.